The molecule has 192 valence electrons. The summed E-state index contributed by atoms with van der Waals surface area (Å²) in [6, 6.07) is 18.7. The number of benzene rings is 3. The van der Waals surface area contributed by atoms with E-state index in [1.54, 1.807) is 54.6 Å². The van der Waals surface area contributed by atoms with Gasteiger partial charge in [-0.15, -0.1) is 6.58 Å². The van der Waals surface area contributed by atoms with Crippen molar-refractivity contribution in [1.29, 1.82) is 5.26 Å². The van der Waals surface area contributed by atoms with E-state index >= 15 is 0 Å². The van der Waals surface area contributed by atoms with Crippen molar-refractivity contribution in [3.05, 3.63) is 112 Å². The van der Waals surface area contributed by atoms with Crippen LogP contribution in [0.1, 0.15) is 34.7 Å². The number of nitrogens with zero attached hydrogens (tertiary/aromatic N) is 2. The molecule has 1 aliphatic rings. The number of imide groups is 1. The second-order valence-electron chi connectivity index (χ2n) is 8.39. The Hall–Kier alpha value is -4.35. The van der Waals surface area contributed by atoms with Crippen molar-refractivity contribution in [3.63, 3.8) is 0 Å². The first-order valence-electron chi connectivity index (χ1n) is 11.9. The van der Waals surface area contributed by atoms with Gasteiger partial charge in [-0.2, -0.15) is 5.26 Å². The molecule has 8 heteroatoms. The zero-order valence-electron chi connectivity index (χ0n) is 20.8. The molecule has 2 amide bonds. The lowest BCUT2D eigenvalue weighted by atomic mass is 10.0. The maximum Gasteiger partial charge on any atom is 0.293 e. The van der Waals surface area contributed by atoms with Crippen LogP contribution in [0, 0.1) is 17.1 Å². The first-order chi connectivity index (χ1) is 18.4. The Balaban J connectivity index is 1.62. The van der Waals surface area contributed by atoms with Gasteiger partial charge in [0.1, 0.15) is 12.4 Å². The van der Waals surface area contributed by atoms with Gasteiger partial charge >= 0.3 is 0 Å². The predicted molar refractivity (Wildman–Crippen MR) is 145 cm³/mol. The number of nitriles is 1. The van der Waals surface area contributed by atoms with Crippen LogP contribution < -0.4 is 9.47 Å². The normalized spacial score (nSPS) is 14.0. The van der Waals surface area contributed by atoms with E-state index in [2.05, 4.69) is 12.6 Å². The monoisotopic (exact) mass is 528 g/mol. The number of halogens is 1. The lowest BCUT2D eigenvalue weighted by Gasteiger charge is -2.17. The van der Waals surface area contributed by atoms with Crippen LogP contribution in [-0.2, 0) is 24.4 Å². The van der Waals surface area contributed by atoms with E-state index in [-0.39, 0.29) is 23.9 Å². The van der Waals surface area contributed by atoms with Gasteiger partial charge < -0.3 is 9.47 Å². The maximum absolute atomic E-state index is 13.3. The highest BCUT2D eigenvalue weighted by atomic mass is 32.2. The second-order valence-corrected chi connectivity index (χ2v) is 9.38. The van der Waals surface area contributed by atoms with Crippen molar-refractivity contribution in [2.45, 2.75) is 26.5 Å². The van der Waals surface area contributed by atoms with Crippen LogP contribution in [0.15, 0.2) is 78.2 Å². The zero-order valence-corrected chi connectivity index (χ0v) is 21.6. The van der Waals surface area contributed by atoms with Gasteiger partial charge in [-0.3, -0.25) is 14.5 Å². The first kappa shape index (κ1) is 26.7. The highest BCUT2D eigenvalue weighted by molar-refractivity contribution is 8.18. The van der Waals surface area contributed by atoms with Crippen LogP contribution in [0.3, 0.4) is 0 Å². The fraction of sp³-hybridized carbons (Fsp3) is 0.167. The Morgan fingerprint density at radius 3 is 2.55 bits per heavy atom. The van der Waals surface area contributed by atoms with Gasteiger partial charge in [-0.25, -0.2) is 4.39 Å². The SMILES string of the molecule is C=CCc1cc(/C=C2/SC(=O)N(Cc3ccccc3C#N)C2=O)cc(OCC)c1OCc1ccc(F)cc1. The molecule has 6 nitrogen and oxygen atoms in total. The number of amides is 2. The molecule has 38 heavy (non-hydrogen) atoms. The van der Waals surface area contributed by atoms with Crippen LogP contribution in [0.5, 0.6) is 11.5 Å². The van der Waals surface area contributed by atoms with Gasteiger partial charge in [-0.1, -0.05) is 36.4 Å². The maximum atomic E-state index is 13.3. The molecule has 3 aromatic rings. The molecule has 0 unspecified atom stereocenters. The van der Waals surface area contributed by atoms with Gasteiger partial charge in [0, 0.05) is 5.56 Å². The molecule has 0 aromatic heterocycles. The lowest BCUT2D eigenvalue weighted by molar-refractivity contribution is -0.123. The predicted octanol–water partition coefficient (Wildman–Crippen LogP) is 6.64. The van der Waals surface area contributed by atoms with Gasteiger partial charge in [-0.05, 0) is 78.2 Å². The summed E-state index contributed by atoms with van der Waals surface area (Å²) >= 11 is 0.853. The van der Waals surface area contributed by atoms with E-state index in [0.717, 1.165) is 27.8 Å². The molecule has 0 radical (unpaired) electrons. The molecule has 4 rings (SSSR count). The number of thioether (sulfide) groups is 1. The Labute approximate surface area is 225 Å². The van der Waals surface area contributed by atoms with Gasteiger partial charge in [0.15, 0.2) is 11.5 Å². The molecular weight excluding hydrogens is 503 g/mol. The van der Waals surface area contributed by atoms with E-state index in [9.17, 15) is 19.2 Å². The minimum atomic E-state index is -0.424. The van der Waals surface area contributed by atoms with Gasteiger partial charge in [0.25, 0.3) is 11.1 Å². The van der Waals surface area contributed by atoms with Crippen LogP contribution in [0.2, 0.25) is 0 Å². The average molecular weight is 529 g/mol. The summed E-state index contributed by atoms with van der Waals surface area (Å²) in [5.74, 6) is 0.281. The summed E-state index contributed by atoms with van der Waals surface area (Å²) in [6.07, 6.45) is 3.87. The minimum Gasteiger partial charge on any atom is -0.490 e. The smallest absolute Gasteiger partial charge is 0.293 e. The van der Waals surface area contributed by atoms with Crippen molar-refractivity contribution < 1.29 is 23.5 Å². The number of carbonyl (C=O) groups excluding carboxylic acids is 2. The molecule has 1 aliphatic heterocycles. The molecule has 0 bridgehead atoms. The standard InChI is InChI=1S/C30H25FN2O4S/c1-3-7-22-14-21(15-26(36-4-2)28(22)37-19-20-10-12-25(31)13-11-20)16-27-29(34)33(30(35)38-27)18-24-9-6-5-8-23(24)17-32/h3,5-6,8-16H,1,4,7,18-19H2,2H3/b27-16+. The highest BCUT2D eigenvalue weighted by Gasteiger charge is 2.35. The third-order valence-corrected chi connectivity index (χ3v) is 6.66. The molecule has 0 N–H and O–H groups in total. The van der Waals surface area contributed by atoms with Crippen LogP contribution >= 0.6 is 11.8 Å². The summed E-state index contributed by atoms with van der Waals surface area (Å²) in [7, 11) is 0. The number of allylic oxidation sites excluding steroid dienone is 1. The van der Waals surface area contributed by atoms with Crippen LogP contribution in [-0.4, -0.2) is 22.7 Å². The zero-order chi connectivity index (χ0) is 27.1. The molecule has 3 aromatic carbocycles. The van der Waals surface area contributed by atoms with Crippen molar-refractivity contribution >= 4 is 29.0 Å². The Morgan fingerprint density at radius 1 is 1.08 bits per heavy atom. The van der Waals surface area contributed by atoms with E-state index in [0.29, 0.717) is 41.2 Å². The third-order valence-electron chi connectivity index (χ3n) is 5.75. The molecule has 0 atom stereocenters. The highest BCUT2D eigenvalue weighted by Crippen LogP contribution is 2.38. The topological polar surface area (TPSA) is 79.6 Å². The number of hydrogen-bond acceptors (Lipinski definition) is 6. The number of hydrogen-bond donors (Lipinski definition) is 0. The Bertz CT molecular complexity index is 1440. The van der Waals surface area contributed by atoms with Crippen molar-refractivity contribution in [2.24, 2.45) is 0 Å². The number of rotatable bonds is 10. The minimum absolute atomic E-state index is 0.0216. The quantitative estimate of drug-likeness (QED) is 0.217. The number of carbonyl (C=O) groups is 2. The summed E-state index contributed by atoms with van der Waals surface area (Å²) in [5, 5.41) is 8.95. The molecule has 0 saturated carbocycles. The van der Waals surface area contributed by atoms with E-state index in [1.165, 1.54) is 12.1 Å². The molecule has 1 saturated heterocycles. The fourth-order valence-corrected chi connectivity index (χ4v) is 4.80. The summed E-state index contributed by atoms with van der Waals surface area (Å²) in [4.78, 5) is 27.2. The van der Waals surface area contributed by atoms with Gasteiger partial charge in [0.2, 0.25) is 0 Å². The van der Waals surface area contributed by atoms with Crippen molar-refractivity contribution in [2.75, 3.05) is 6.61 Å². The Kier molecular flexibility index (Phi) is 8.62. The van der Waals surface area contributed by atoms with Crippen molar-refractivity contribution in [3.8, 4) is 17.6 Å². The molecular formula is C30H25FN2O4S. The molecule has 0 spiro atoms. The largest absolute Gasteiger partial charge is 0.490 e. The van der Waals surface area contributed by atoms with E-state index in [1.807, 2.05) is 13.0 Å². The average Bonchev–Trinajstić information content (AvgIpc) is 3.17. The second kappa shape index (κ2) is 12.3. The van der Waals surface area contributed by atoms with Crippen molar-refractivity contribution in [1.82, 2.24) is 4.90 Å². The number of ether oxygens (including phenoxy) is 2. The van der Waals surface area contributed by atoms with Gasteiger partial charge in [0.05, 0.1) is 29.7 Å². The Morgan fingerprint density at radius 2 is 1.84 bits per heavy atom. The molecule has 1 fully saturated rings. The summed E-state index contributed by atoms with van der Waals surface area (Å²) in [6.45, 7) is 6.31. The van der Waals surface area contributed by atoms with Crippen LogP contribution in [0.25, 0.3) is 6.08 Å². The van der Waals surface area contributed by atoms with E-state index < -0.39 is 11.1 Å². The molecule has 1 heterocycles. The summed E-state index contributed by atoms with van der Waals surface area (Å²) in [5.41, 5.74) is 3.29. The third kappa shape index (κ3) is 6.13. The lowest BCUT2D eigenvalue weighted by Crippen LogP contribution is -2.27. The van der Waals surface area contributed by atoms with E-state index in [4.69, 9.17) is 9.47 Å². The van der Waals surface area contributed by atoms with Crippen LogP contribution in [0.4, 0.5) is 9.18 Å². The summed E-state index contributed by atoms with van der Waals surface area (Å²) < 4.78 is 25.2. The fourth-order valence-electron chi connectivity index (χ4n) is 3.96. The molecule has 0 aliphatic carbocycles. The first-order valence-corrected chi connectivity index (χ1v) is 12.8.